The smallest absolute Gasteiger partial charge is 0.358 e. The van der Waals surface area contributed by atoms with E-state index in [1.807, 2.05) is 0 Å². The molecule has 1 amide bonds. The molecular formula is C21H22F29NO12P2. The highest BCUT2D eigenvalue weighted by Crippen LogP contribution is 2.51. The second-order valence-corrected chi connectivity index (χ2v) is 11.5. The first-order valence-electron chi connectivity index (χ1n) is 14.4. The lowest BCUT2D eigenvalue weighted by Gasteiger charge is -2.34. The van der Waals surface area contributed by atoms with Crippen molar-refractivity contribution in [2.45, 2.75) is 105 Å². The molecule has 0 saturated heterocycles. The second kappa shape index (κ2) is 27.2. The number of carbonyl (C=O) groups excluding carboxylic acids is 1. The van der Waals surface area contributed by atoms with Crippen molar-refractivity contribution < 1.29 is 186 Å². The van der Waals surface area contributed by atoms with E-state index in [4.69, 9.17) is 5.26 Å². The number of nitrogens with one attached hydrogen (secondary N) is 1. The largest absolute Gasteiger partial charge is 0.487 e. The maximum atomic E-state index is 12.8. The van der Waals surface area contributed by atoms with Gasteiger partial charge < -0.3 is 15.2 Å². The zero-order valence-corrected chi connectivity index (χ0v) is 31.8. The maximum Gasteiger partial charge on any atom is 0.487 e. The molecule has 0 aromatic rings. The molecule has 65 heavy (non-hydrogen) atoms. The Bertz CT molecular complexity index is 1300. The molecule has 0 aliphatic rings. The average molecular weight is 1090 g/mol. The Kier molecular flexibility index (Phi) is 29.0. The summed E-state index contributed by atoms with van der Waals surface area (Å²) in [5.74, 6) is -13.5. The van der Waals surface area contributed by atoms with Gasteiger partial charge in [-0.3, -0.25) is 9.53 Å². The number of hydrogen-bond donors (Lipinski definition) is 3. The normalized spacial score (nSPS) is 16.5. The molecule has 44 heteroatoms. The van der Waals surface area contributed by atoms with Crippen LogP contribution in [0, 0.1) is 0 Å². The monoisotopic (exact) mass is 1090 g/mol. The molecule has 396 valence electrons. The van der Waals surface area contributed by atoms with E-state index in [0.717, 1.165) is 0 Å². The van der Waals surface area contributed by atoms with E-state index in [1.165, 1.54) is 4.94 Å². The molecule has 13 nitrogen and oxygen atoms in total. The zero-order valence-electron chi connectivity index (χ0n) is 29.7. The Labute approximate surface area is 341 Å². The highest BCUT2D eigenvalue weighted by atomic mass is 31.1. The molecule has 0 bridgehead atoms. The molecule has 0 aromatic carbocycles. The topological polar surface area (TPSA) is 153 Å². The van der Waals surface area contributed by atoms with Crippen LogP contribution in [-0.2, 0) is 48.3 Å². The third kappa shape index (κ3) is 25.2. The average Bonchev–Trinajstić information content (AvgIpc) is 3.09. The minimum absolute atomic E-state index is 0.0146. The molecule has 0 spiro atoms. The Balaban J connectivity index is -0.000000404. The molecular weight excluding hydrogens is 1070 g/mol. The number of aliphatic hydroxyl groups is 1. The van der Waals surface area contributed by atoms with Gasteiger partial charge in [0.2, 0.25) is 11.4 Å². The van der Waals surface area contributed by atoms with Crippen molar-refractivity contribution in [1.82, 2.24) is 5.32 Å². The van der Waals surface area contributed by atoms with Crippen LogP contribution >= 0.6 is 18.3 Å². The van der Waals surface area contributed by atoms with Crippen LogP contribution < -0.4 is 5.32 Å². The first kappa shape index (κ1) is 69.4. The number of rotatable bonds is 22. The van der Waals surface area contributed by atoms with Gasteiger partial charge >= 0.3 is 67.1 Å². The van der Waals surface area contributed by atoms with Crippen molar-refractivity contribution in [3.05, 3.63) is 0 Å². The Morgan fingerprint density at radius 3 is 1.31 bits per heavy atom. The number of alkyl halides is 28. The van der Waals surface area contributed by atoms with Crippen LogP contribution in [-0.4, -0.2) is 109 Å². The Morgan fingerprint density at radius 2 is 1.00 bits per heavy atom. The van der Waals surface area contributed by atoms with Crippen molar-refractivity contribution in [2.24, 2.45) is 0 Å². The van der Waals surface area contributed by atoms with E-state index in [2.05, 4.69) is 39.1 Å². The molecule has 0 saturated carbocycles. The number of carbonyl (C=O) groups is 1. The highest BCUT2D eigenvalue weighted by molar-refractivity contribution is 7.33. The van der Waals surface area contributed by atoms with Gasteiger partial charge in [-0.05, 0) is 17.4 Å². The minimum atomic E-state index is -6.89. The third-order valence-electron chi connectivity index (χ3n) is 5.31. The predicted molar refractivity (Wildman–Crippen MR) is 143 cm³/mol. The molecule has 0 radical (unpaired) electrons. The first-order chi connectivity index (χ1) is 28.6. The van der Waals surface area contributed by atoms with Crippen molar-refractivity contribution >= 4 is 24.2 Å². The summed E-state index contributed by atoms with van der Waals surface area (Å²) in [7, 11) is 0.842. The number of amides is 1. The Morgan fingerprint density at radius 1 is 0.585 bits per heavy atom. The molecule has 0 heterocycles. The van der Waals surface area contributed by atoms with Gasteiger partial charge in [-0.2, -0.15) is 128 Å². The molecule has 0 aromatic heterocycles. The van der Waals surface area contributed by atoms with Gasteiger partial charge in [-0.25, -0.2) is 18.8 Å². The van der Waals surface area contributed by atoms with Gasteiger partial charge in [0, 0.05) is 22.4 Å². The molecule has 5 atom stereocenters. The summed E-state index contributed by atoms with van der Waals surface area (Å²) >= 11 is 0. The fourth-order valence-corrected chi connectivity index (χ4v) is 3.11. The molecule has 5 unspecified atom stereocenters. The lowest BCUT2D eigenvalue weighted by atomic mass is 10.2. The summed E-state index contributed by atoms with van der Waals surface area (Å²) in [4.78, 5) is 16.9. The van der Waals surface area contributed by atoms with Gasteiger partial charge in [0.25, 0.3) is 0 Å². The van der Waals surface area contributed by atoms with Gasteiger partial charge in [0.15, 0.2) is 13.7 Å². The summed E-state index contributed by atoms with van der Waals surface area (Å²) in [6.07, 6.45) is -56.8. The summed E-state index contributed by atoms with van der Waals surface area (Å²) < 4.78 is 350. The summed E-state index contributed by atoms with van der Waals surface area (Å²) in [6, 6.07) is 0. The minimum Gasteiger partial charge on any atom is -0.358 e. The van der Waals surface area contributed by atoms with E-state index < -0.39 is 107 Å². The number of unbranched alkanes of at least 4 members (excludes halogenated alkanes) is 2. The standard InChI is InChI=1S/C9H18F3NO8P2.C6H2F12O2.C4H2F8O2.C2F6/c10-8(11,12)6-7(14)13-5-3-1-2-4-9(15,17-19-20-22)23-21-18-16;7-1-19-2(8,3(9,10)11)5(15,16)20-6(17,18)4(12,13)14;5-1-13-2(6,3(7,8)9)4(10,11)14-12;3-1(4,5)2(6,7)8/h15-16,23H,1-6,22H2,(H,13,14);1H2;1H2;. The van der Waals surface area contributed by atoms with Crippen LogP contribution in [0.1, 0.15) is 32.1 Å². The van der Waals surface area contributed by atoms with E-state index in [-0.39, 0.29) is 13.0 Å². The maximum absolute atomic E-state index is 12.8. The number of halogens is 29. The highest BCUT2D eigenvalue weighted by Gasteiger charge is 2.79. The van der Waals surface area contributed by atoms with Gasteiger partial charge in [0.1, 0.15) is 15.2 Å². The van der Waals surface area contributed by atoms with E-state index in [0.29, 0.717) is 19.3 Å². The second-order valence-electron chi connectivity index (χ2n) is 10.2. The van der Waals surface area contributed by atoms with Crippen LogP contribution in [0.4, 0.5) is 127 Å². The van der Waals surface area contributed by atoms with E-state index in [9.17, 15) is 137 Å². The fraction of sp³-hybridized carbons (Fsp3) is 0.952. The van der Waals surface area contributed by atoms with Crippen LogP contribution in [0.15, 0.2) is 0 Å². The van der Waals surface area contributed by atoms with Crippen LogP contribution in [0.25, 0.3) is 0 Å². The molecule has 0 aliphatic heterocycles. The predicted octanol–water partition coefficient (Wildman–Crippen LogP) is 10.6. The van der Waals surface area contributed by atoms with Gasteiger partial charge in [0.05, 0.1) is 0 Å². The summed E-state index contributed by atoms with van der Waals surface area (Å²) in [6.45, 7) is -5.38. The molecule has 0 fully saturated rings. The summed E-state index contributed by atoms with van der Waals surface area (Å²) in [5, 5.41) is 27.5. The molecule has 3 N–H and O–H groups in total. The Hall–Kier alpha value is -2.14. The van der Waals surface area contributed by atoms with Crippen molar-refractivity contribution in [1.29, 1.82) is 0 Å². The third-order valence-corrected chi connectivity index (χ3v) is 6.20. The van der Waals surface area contributed by atoms with Gasteiger partial charge in [-0.1, -0.05) is 16.5 Å². The van der Waals surface area contributed by atoms with Crippen molar-refractivity contribution in [3.63, 3.8) is 0 Å². The number of ether oxygens (including phenoxy) is 3. The fourth-order valence-electron chi connectivity index (χ4n) is 2.55. The first-order valence-corrected chi connectivity index (χ1v) is 15.7. The number of hydrogen-bond acceptors (Lipinski definition) is 12. The molecule has 0 aliphatic carbocycles. The molecule has 0 rings (SSSR count). The zero-order chi connectivity index (χ0) is 53.0. The van der Waals surface area contributed by atoms with E-state index in [1.54, 1.807) is 14.2 Å². The summed E-state index contributed by atoms with van der Waals surface area (Å²) in [5.41, 5.74) is -1.95. The van der Waals surface area contributed by atoms with Gasteiger partial charge in [-0.15, -0.1) is 4.94 Å². The lowest BCUT2D eigenvalue weighted by molar-refractivity contribution is -0.526. The van der Waals surface area contributed by atoms with Crippen LogP contribution in [0.5, 0.6) is 0 Å². The van der Waals surface area contributed by atoms with Crippen LogP contribution in [0.2, 0.25) is 0 Å². The lowest BCUT2D eigenvalue weighted by Crippen LogP contribution is -2.61. The SMILES string of the molecule is FC(F)(F)C(F)(F)F.FCOC(F)(C(F)(F)F)C(F)(F)OC(F)(F)C(F)(F)F.FCOC(F)(C(F)(F)F)C(F)(F)OF.O=C(CC(F)(F)F)NCCCCCC(O)(OOOP)POOO. The van der Waals surface area contributed by atoms with E-state index >= 15 is 0 Å². The van der Waals surface area contributed by atoms with Crippen LogP contribution in [0.3, 0.4) is 0 Å². The van der Waals surface area contributed by atoms with Crippen molar-refractivity contribution in [3.8, 4) is 0 Å². The van der Waals surface area contributed by atoms with Crippen molar-refractivity contribution in [2.75, 3.05) is 20.3 Å². The quantitative estimate of drug-likeness (QED) is 0.0236.